The van der Waals surface area contributed by atoms with E-state index in [1.807, 2.05) is 0 Å². The van der Waals surface area contributed by atoms with Crippen molar-refractivity contribution in [3.05, 3.63) is 0 Å². The molecule has 2 heteroatoms. The number of nitrogens with zero attached hydrogens (tertiary/aromatic N) is 2. The number of likely N-dealkylation sites (tertiary alicyclic amines) is 1. The van der Waals surface area contributed by atoms with Gasteiger partial charge in [-0.1, -0.05) is 6.42 Å². The molecule has 1 atom stereocenters. The Kier molecular flexibility index (Phi) is 2.29. The van der Waals surface area contributed by atoms with Crippen molar-refractivity contribution in [1.82, 2.24) is 4.90 Å². The lowest BCUT2D eigenvalue weighted by atomic mass is 9.60. The fourth-order valence-corrected chi connectivity index (χ4v) is 2.79. The van der Waals surface area contributed by atoms with Crippen molar-refractivity contribution in [3.63, 3.8) is 0 Å². The molecule has 72 valence electrons. The quantitative estimate of drug-likeness (QED) is 0.614. The van der Waals surface area contributed by atoms with Crippen LogP contribution in [-0.2, 0) is 0 Å². The fourth-order valence-electron chi connectivity index (χ4n) is 2.79. The van der Waals surface area contributed by atoms with E-state index in [0.717, 1.165) is 19.4 Å². The molecule has 1 saturated heterocycles. The van der Waals surface area contributed by atoms with E-state index in [1.165, 1.54) is 25.8 Å². The van der Waals surface area contributed by atoms with Crippen molar-refractivity contribution in [2.45, 2.75) is 32.1 Å². The lowest BCUT2D eigenvalue weighted by molar-refractivity contribution is 0.0559. The van der Waals surface area contributed by atoms with Gasteiger partial charge in [0, 0.05) is 6.54 Å². The SMILES string of the molecule is CN1CCCC(C2(C#N)CCC2)C1. The van der Waals surface area contributed by atoms with Crippen LogP contribution in [0.1, 0.15) is 32.1 Å². The molecule has 1 heterocycles. The van der Waals surface area contributed by atoms with Gasteiger partial charge in [0.05, 0.1) is 11.5 Å². The molecule has 0 aromatic rings. The maximum absolute atomic E-state index is 9.21. The van der Waals surface area contributed by atoms with Gasteiger partial charge in [-0.05, 0) is 45.2 Å². The summed E-state index contributed by atoms with van der Waals surface area (Å²) in [5.41, 5.74) is 0.0781. The van der Waals surface area contributed by atoms with Crippen molar-refractivity contribution < 1.29 is 0 Å². The van der Waals surface area contributed by atoms with Gasteiger partial charge in [-0.15, -0.1) is 0 Å². The summed E-state index contributed by atoms with van der Waals surface area (Å²) in [6, 6.07) is 2.58. The van der Waals surface area contributed by atoms with Crippen molar-refractivity contribution in [2.24, 2.45) is 11.3 Å². The summed E-state index contributed by atoms with van der Waals surface area (Å²) in [4.78, 5) is 2.38. The van der Waals surface area contributed by atoms with Gasteiger partial charge in [-0.2, -0.15) is 5.26 Å². The van der Waals surface area contributed by atoms with Gasteiger partial charge in [0.1, 0.15) is 0 Å². The highest BCUT2D eigenvalue weighted by atomic mass is 15.1. The van der Waals surface area contributed by atoms with Crippen molar-refractivity contribution in [1.29, 1.82) is 5.26 Å². The minimum absolute atomic E-state index is 0.0781. The molecule has 0 N–H and O–H groups in total. The molecule has 1 saturated carbocycles. The molecule has 0 aromatic heterocycles. The summed E-state index contributed by atoms with van der Waals surface area (Å²) < 4.78 is 0. The Morgan fingerprint density at radius 1 is 1.38 bits per heavy atom. The first kappa shape index (κ1) is 9.02. The molecule has 0 spiro atoms. The van der Waals surface area contributed by atoms with Gasteiger partial charge in [-0.25, -0.2) is 0 Å². The third kappa shape index (κ3) is 1.46. The van der Waals surface area contributed by atoms with Crippen molar-refractivity contribution in [3.8, 4) is 6.07 Å². The lowest BCUT2D eigenvalue weighted by Gasteiger charge is -2.45. The van der Waals surface area contributed by atoms with Crippen LogP contribution in [0.2, 0.25) is 0 Å². The van der Waals surface area contributed by atoms with Gasteiger partial charge in [0.25, 0.3) is 0 Å². The molecule has 2 fully saturated rings. The van der Waals surface area contributed by atoms with E-state index in [0.29, 0.717) is 5.92 Å². The minimum atomic E-state index is 0.0781. The first-order chi connectivity index (χ1) is 6.27. The van der Waals surface area contributed by atoms with E-state index in [2.05, 4.69) is 18.0 Å². The molecule has 2 rings (SSSR count). The monoisotopic (exact) mass is 178 g/mol. The highest BCUT2D eigenvalue weighted by molar-refractivity contribution is 5.09. The van der Waals surface area contributed by atoms with Gasteiger partial charge in [-0.3, -0.25) is 0 Å². The zero-order valence-corrected chi connectivity index (χ0v) is 8.42. The van der Waals surface area contributed by atoms with E-state index in [1.54, 1.807) is 0 Å². The molecule has 2 nitrogen and oxygen atoms in total. The van der Waals surface area contributed by atoms with Crippen LogP contribution in [0.4, 0.5) is 0 Å². The van der Waals surface area contributed by atoms with Crippen LogP contribution in [0.3, 0.4) is 0 Å². The van der Waals surface area contributed by atoms with Gasteiger partial charge in [0.15, 0.2) is 0 Å². The molecule has 2 aliphatic rings. The second-order valence-corrected chi connectivity index (χ2v) is 4.72. The lowest BCUT2D eigenvalue weighted by Crippen LogP contribution is -2.45. The molecule has 0 aromatic carbocycles. The Labute approximate surface area is 80.5 Å². The van der Waals surface area contributed by atoms with Gasteiger partial charge < -0.3 is 4.90 Å². The minimum Gasteiger partial charge on any atom is -0.306 e. The Hall–Kier alpha value is -0.550. The van der Waals surface area contributed by atoms with Gasteiger partial charge in [0.2, 0.25) is 0 Å². The zero-order valence-electron chi connectivity index (χ0n) is 8.42. The third-order valence-corrected chi connectivity index (χ3v) is 3.87. The summed E-state index contributed by atoms with van der Waals surface area (Å²) in [7, 11) is 2.18. The van der Waals surface area contributed by atoms with Crippen LogP contribution in [0.25, 0.3) is 0 Å². The molecule has 13 heavy (non-hydrogen) atoms. The maximum atomic E-state index is 9.21. The second kappa shape index (κ2) is 3.31. The molecule has 1 aliphatic heterocycles. The van der Waals surface area contributed by atoms with Crippen molar-refractivity contribution >= 4 is 0 Å². The predicted octanol–water partition coefficient (Wildman–Crippen LogP) is 2.02. The van der Waals surface area contributed by atoms with Crippen molar-refractivity contribution in [2.75, 3.05) is 20.1 Å². The Balaban J connectivity index is 2.03. The van der Waals surface area contributed by atoms with E-state index >= 15 is 0 Å². The van der Waals surface area contributed by atoms with E-state index < -0.39 is 0 Å². The molecule has 1 unspecified atom stereocenters. The summed E-state index contributed by atoms with van der Waals surface area (Å²) in [5.74, 6) is 0.657. The Bertz CT molecular complexity index is 225. The molecule has 1 aliphatic carbocycles. The van der Waals surface area contributed by atoms with Crippen LogP contribution < -0.4 is 0 Å². The zero-order chi connectivity index (χ0) is 9.31. The summed E-state index contributed by atoms with van der Waals surface area (Å²) in [5, 5.41) is 9.21. The van der Waals surface area contributed by atoms with E-state index in [9.17, 15) is 5.26 Å². The van der Waals surface area contributed by atoms with E-state index in [-0.39, 0.29) is 5.41 Å². The second-order valence-electron chi connectivity index (χ2n) is 4.72. The number of piperidine rings is 1. The number of nitriles is 1. The largest absolute Gasteiger partial charge is 0.306 e. The molecular weight excluding hydrogens is 160 g/mol. The Morgan fingerprint density at radius 3 is 2.62 bits per heavy atom. The smallest absolute Gasteiger partial charge is 0.0693 e. The molecule has 0 amide bonds. The topological polar surface area (TPSA) is 27.0 Å². The van der Waals surface area contributed by atoms with Crippen LogP contribution in [0.5, 0.6) is 0 Å². The van der Waals surface area contributed by atoms with Crippen LogP contribution in [0, 0.1) is 22.7 Å². The van der Waals surface area contributed by atoms with Gasteiger partial charge >= 0.3 is 0 Å². The molecule has 0 radical (unpaired) electrons. The molecular formula is C11H18N2. The highest BCUT2D eigenvalue weighted by Crippen LogP contribution is 2.49. The highest BCUT2D eigenvalue weighted by Gasteiger charge is 2.45. The summed E-state index contributed by atoms with van der Waals surface area (Å²) in [6.45, 7) is 2.37. The first-order valence-electron chi connectivity index (χ1n) is 5.37. The summed E-state index contributed by atoms with van der Waals surface area (Å²) in [6.07, 6.45) is 6.14. The Morgan fingerprint density at radius 2 is 2.15 bits per heavy atom. The average Bonchev–Trinajstić information content (AvgIpc) is 2.03. The van der Waals surface area contributed by atoms with E-state index in [4.69, 9.17) is 0 Å². The predicted molar refractivity (Wildman–Crippen MR) is 52.1 cm³/mol. The molecule has 0 bridgehead atoms. The normalized spacial score (nSPS) is 33.4. The van der Waals surface area contributed by atoms with Crippen LogP contribution >= 0.6 is 0 Å². The number of hydrogen-bond donors (Lipinski definition) is 0. The number of rotatable bonds is 1. The number of hydrogen-bond acceptors (Lipinski definition) is 2. The third-order valence-electron chi connectivity index (χ3n) is 3.87. The maximum Gasteiger partial charge on any atom is 0.0693 e. The first-order valence-corrected chi connectivity index (χ1v) is 5.37. The standard InChI is InChI=1S/C11H18N2/c1-13-7-2-4-10(8-13)11(9-12)5-3-6-11/h10H,2-8H2,1H3. The average molecular weight is 178 g/mol. The summed E-state index contributed by atoms with van der Waals surface area (Å²) >= 11 is 0. The van der Waals surface area contributed by atoms with Crippen LogP contribution in [0.15, 0.2) is 0 Å². The fraction of sp³-hybridized carbons (Fsp3) is 0.909. The van der Waals surface area contributed by atoms with Crippen LogP contribution in [-0.4, -0.2) is 25.0 Å².